The number of hydrogen-bond donors (Lipinski definition) is 0. The van der Waals surface area contributed by atoms with Gasteiger partial charge in [-0.3, -0.25) is 9.59 Å². The molecule has 0 bridgehead atoms. The van der Waals surface area contributed by atoms with E-state index in [4.69, 9.17) is 18.9 Å². The number of carboxylic acids is 1. The Labute approximate surface area is 590 Å². The van der Waals surface area contributed by atoms with E-state index in [1.165, 1.54) is 321 Å². The van der Waals surface area contributed by atoms with Crippen LogP contribution in [0, 0.1) is 0 Å². The van der Waals surface area contributed by atoms with Crippen molar-refractivity contribution in [2.24, 2.45) is 0 Å². The van der Waals surface area contributed by atoms with Crippen LogP contribution >= 0.6 is 0 Å². The predicted octanol–water partition coefficient (Wildman–Crippen LogP) is 25.3. The minimum atomic E-state index is -1.62. The fourth-order valence-electron chi connectivity index (χ4n) is 12.5. The van der Waals surface area contributed by atoms with Crippen molar-refractivity contribution < 1.29 is 42.9 Å². The normalized spacial score (nSPS) is 12.9. The molecule has 0 saturated heterocycles. The van der Waals surface area contributed by atoms with E-state index in [-0.39, 0.29) is 32.2 Å². The summed E-state index contributed by atoms with van der Waals surface area (Å²) in [6.45, 7) is 4.71. The van der Waals surface area contributed by atoms with Crippen LogP contribution in [0.25, 0.3) is 0 Å². The van der Waals surface area contributed by atoms with Crippen LogP contribution in [-0.4, -0.2) is 82.3 Å². The Bertz CT molecular complexity index is 1750. The Morgan fingerprint density at radius 2 is 0.600 bits per heavy atom. The molecule has 95 heavy (non-hydrogen) atoms. The van der Waals surface area contributed by atoms with E-state index in [2.05, 4.69) is 74.6 Å². The van der Waals surface area contributed by atoms with E-state index >= 15 is 0 Å². The standard InChI is InChI=1S/C86H159NO8/c1-6-8-10-12-14-16-18-20-22-24-26-28-30-32-34-36-38-40-41-42-43-45-46-48-50-52-54-56-58-60-62-64-66-68-70-72-74-76-83(88)93-80-82(81-94-86(85(90)91)92-79-78-87(3,4)5)95-84(89)77-75-73-71-69-67-65-63-61-59-57-55-53-51-49-47-44-39-37-35-33-31-29-27-25-23-21-19-17-15-13-11-9-7-2/h9,11,15,17,21,23-24,26-27,29,82,86H,6-8,10,12-14,16,18-20,22,25,28,30-81H2,1-5H3/b11-9-,17-15-,23-21-,26-24-,29-27-. The number of esters is 2. The average Bonchev–Trinajstić information content (AvgIpc) is 3.75. The third-order valence-corrected chi connectivity index (χ3v) is 18.7. The van der Waals surface area contributed by atoms with Gasteiger partial charge in [-0.05, 0) is 77.0 Å². The highest BCUT2D eigenvalue weighted by molar-refractivity contribution is 5.70. The number of rotatable bonds is 78. The smallest absolute Gasteiger partial charge is 0.306 e. The summed E-state index contributed by atoms with van der Waals surface area (Å²) < 4.78 is 22.9. The van der Waals surface area contributed by atoms with Crippen LogP contribution in [0.4, 0.5) is 0 Å². The Hall–Kier alpha value is -3.01. The Kier molecular flexibility index (Phi) is 74.3. The minimum absolute atomic E-state index is 0.150. The van der Waals surface area contributed by atoms with Crippen LogP contribution in [0.5, 0.6) is 0 Å². The number of unbranched alkanes of at least 4 members (excludes halogenated alkanes) is 53. The summed E-state index contributed by atoms with van der Waals surface area (Å²) in [6.07, 6.45) is 99.4. The van der Waals surface area contributed by atoms with Gasteiger partial charge in [0.15, 0.2) is 12.4 Å². The van der Waals surface area contributed by atoms with Gasteiger partial charge in [0.1, 0.15) is 13.2 Å². The SMILES string of the molecule is CC/C=C\C/C=C\C/C=C\C/C=C\CCCCCCCCCCCCCCCCCCCCCCC(=O)OC(COC(=O)CCCCCCCCCCCCCCCCCCCCCCCCCCC/C=C\CCCCCCCCCC)COC(OCC[N+](C)(C)C)C(=O)[O-]. The molecule has 0 spiro atoms. The van der Waals surface area contributed by atoms with Gasteiger partial charge < -0.3 is 33.3 Å². The number of nitrogens with zero attached hydrogens (tertiary/aromatic N) is 1. The molecule has 556 valence electrons. The number of carbonyl (C=O) groups excluding carboxylic acids is 3. The molecule has 0 aromatic carbocycles. The third-order valence-electron chi connectivity index (χ3n) is 18.7. The average molecular weight is 1340 g/mol. The number of quaternary nitrogens is 1. The highest BCUT2D eigenvalue weighted by Gasteiger charge is 2.22. The number of likely N-dealkylation sites (N-methyl/N-ethyl adjacent to an activating group) is 1. The second-order valence-corrected chi connectivity index (χ2v) is 29.4. The number of carboxylic acid groups (broad SMARTS) is 1. The summed E-state index contributed by atoms with van der Waals surface area (Å²) in [5.74, 6) is -2.25. The molecule has 0 heterocycles. The Morgan fingerprint density at radius 3 is 0.905 bits per heavy atom. The molecule has 0 fully saturated rings. The van der Waals surface area contributed by atoms with Gasteiger partial charge in [-0.15, -0.1) is 0 Å². The Balaban J connectivity index is 3.95. The molecule has 0 saturated carbocycles. The lowest BCUT2D eigenvalue weighted by Gasteiger charge is -2.26. The van der Waals surface area contributed by atoms with Gasteiger partial charge >= 0.3 is 11.9 Å². The molecule has 0 rings (SSSR count). The lowest BCUT2D eigenvalue weighted by molar-refractivity contribution is -0.870. The number of carbonyl (C=O) groups is 3. The van der Waals surface area contributed by atoms with Crippen LogP contribution in [0.2, 0.25) is 0 Å². The molecule has 9 nitrogen and oxygen atoms in total. The quantitative estimate of drug-likeness (QED) is 0.0195. The van der Waals surface area contributed by atoms with Crippen molar-refractivity contribution in [2.45, 2.75) is 424 Å². The Morgan fingerprint density at radius 1 is 0.326 bits per heavy atom. The van der Waals surface area contributed by atoms with E-state index in [1.807, 2.05) is 21.1 Å². The van der Waals surface area contributed by atoms with Crippen molar-refractivity contribution in [2.75, 3.05) is 47.5 Å². The number of ether oxygens (including phenoxy) is 4. The molecule has 0 aliphatic rings. The van der Waals surface area contributed by atoms with Crippen molar-refractivity contribution in [3.63, 3.8) is 0 Å². The fourth-order valence-corrected chi connectivity index (χ4v) is 12.5. The number of hydrogen-bond acceptors (Lipinski definition) is 8. The monoisotopic (exact) mass is 1330 g/mol. The van der Waals surface area contributed by atoms with Crippen LogP contribution in [-0.2, 0) is 33.3 Å². The van der Waals surface area contributed by atoms with Crippen LogP contribution in [0.1, 0.15) is 412 Å². The van der Waals surface area contributed by atoms with E-state index in [9.17, 15) is 19.5 Å². The maximum Gasteiger partial charge on any atom is 0.306 e. The van der Waals surface area contributed by atoms with Gasteiger partial charge in [-0.25, -0.2) is 0 Å². The molecular weight excluding hydrogens is 1170 g/mol. The molecule has 0 N–H and O–H groups in total. The summed E-state index contributed by atoms with van der Waals surface area (Å²) in [5, 5.41) is 11.9. The summed E-state index contributed by atoms with van der Waals surface area (Å²) in [7, 11) is 5.95. The number of aliphatic carboxylic acids is 1. The molecule has 0 amide bonds. The van der Waals surface area contributed by atoms with Gasteiger partial charge in [0, 0.05) is 12.8 Å². The lowest BCUT2D eigenvalue weighted by Crippen LogP contribution is -2.44. The zero-order chi connectivity index (χ0) is 69.0. The topological polar surface area (TPSA) is 111 Å². The molecule has 0 aliphatic carbocycles. The maximum atomic E-state index is 13.0. The summed E-state index contributed by atoms with van der Waals surface area (Å²) in [4.78, 5) is 37.6. The molecule has 9 heteroatoms. The largest absolute Gasteiger partial charge is 0.545 e. The first-order valence-electron chi connectivity index (χ1n) is 41.4. The molecular formula is C86H159NO8. The van der Waals surface area contributed by atoms with Gasteiger partial charge in [-0.1, -0.05) is 383 Å². The van der Waals surface area contributed by atoms with Gasteiger partial charge in [0.2, 0.25) is 0 Å². The van der Waals surface area contributed by atoms with Crippen LogP contribution in [0.3, 0.4) is 0 Å². The van der Waals surface area contributed by atoms with E-state index < -0.39 is 24.3 Å². The highest BCUT2D eigenvalue weighted by atomic mass is 16.7. The third kappa shape index (κ3) is 78.2. The minimum Gasteiger partial charge on any atom is -0.545 e. The second kappa shape index (κ2) is 76.7. The zero-order valence-electron chi connectivity index (χ0n) is 63.8. The molecule has 0 aromatic heterocycles. The molecule has 0 aromatic rings. The number of allylic oxidation sites excluding steroid dienone is 10. The summed E-state index contributed by atoms with van der Waals surface area (Å²) in [6, 6.07) is 0. The maximum absolute atomic E-state index is 13.0. The fraction of sp³-hybridized carbons (Fsp3) is 0.849. The summed E-state index contributed by atoms with van der Waals surface area (Å²) in [5.41, 5.74) is 0. The van der Waals surface area contributed by atoms with E-state index in [0.717, 1.165) is 64.2 Å². The van der Waals surface area contributed by atoms with E-state index in [0.29, 0.717) is 17.4 Å². The molecule has 2 unspecified atom stereocenters. The van der Waals surface area contributed by atoms with Gasteiger partial charge in [0.05, 0.1) is 40.3 Å². The second-order valence-electron chi connectivity index (χ2n) is 29.4. The molecule has 0 radical (unpaired) electrons. The predicted molar refractivity (Wildman–Crippen MR) is 408 cm³/mol. The zero-order valence-corrected chi connectivity index (χ0v) is 63.8. The first-order chi connectivity index (χ1) is 46.6. The van der Waals surface area contributed by atoms with Crippen molar-refractivity contribution in [1.82, 2.24) is 0 Å². The van der Waals surface area contributed by atoms with E-state index in [1.54, 1.807) is 0 Å². The van der Waals surface area contributed by atoms with Gasteiger partial charge in [-0.2, -0.15) is 0 Å². The van der Waals surface area contributed by atoms with Crippen LogP contribution in [0.15, 0.2) is 60.8 Å². The molecule has 0 aliphatic heterocycles. The molecule has 2 atom stereocenters. The first-order valence-corrected chi connectivity index (χ1v) is 41.4. The van der Waals surface area contributed by atoms with Crippen LogP contribution < -0.4 is 5.11 Å². The van der Waals surface area contributed by atoms with Crippen molar-refractivity contribution in [3.05, 3.63) is 60.8 Å². The first kappa shape index (κ1) is 92.0. The summed E-state index contributed by atoms with van der Waals surface area (Å²) >= 11 is 0. The lowest BCUT2D eigenvalue weighted by atomic mass is 10.0. The van der Waals surface area contributed by atoms with Crippen molar-refractivity contribution in [1.29, 1.82) is 0 Å². The van der Waals surface area contributed by atoms with Crippen molar-refractivity contribution in [3.8, 4) is 0 Å². The van der Waals surface area contributed by atoms with Gasteiger partial charge in [0.25, 0.3) is 0 Å². The van der Waals surface area contributed by atoms with Crippen molar-refractivity contribution >= 4 is 17.9 Å². The highest BCUT2D eigenvalue weighted by Crippen LogP contribution is 2.20.